The highest BCUT2D eigenvalue weighted by Gasteiger charge is 2.47. The highest BCUT2D eigenvalue weighted by molar-refractivity contribution is 8.01. The molecular weight excluding hydrogens is 260 g/mol. The lowest BCUT2D eigenvalue weighted by molar-refractivity contribution is 0.434. The number of fused-ring (bicyclic) bond motifs is 2. The predicted octanol–water partition coefficient (Wildman–Crippen LogP) is 5.01. The van der Waals surface area contributed by atoms with Crippen molar-refractivity contribution >= 4 is 11.8 Å². The van der Waals surface area contributed by atoms with Gasteiger partial charge in [0.1, 0.15) is 0 Å². The van der Waals surface area contributed by atoms with Crippen LogP contribution in [-0.2, 0) is 4.75 Å². The van der Waals surface area contributed by atoms with E-state index < -0.39 is 0 Å². The third-order valence-electron chi connectivity index (χ3n) is 4.58. The van der Waals surface area contributed by atoms with Gasteiger partial charge in [0.05, 0.1) is 4.75 Å². The molecule has 100 valence electrons. The van der Waals surface area contributed by atoms with Gasteiger partial charge in [-0.2, -0.15) is 0 Å². The molecule has 2 bridgehead atoms. The maximum absolute atomic E-state index is 2.46. The van der Waals surface area contributed by atoms with E-state index in [1.54, 1.807) is 0 Å². The van der Waals surface area contributed by atoms with E-state index in [1.807, 2.05) is 0 Å². The molecule has 0 nitrogen and oxygen atoms in total. The van der Waals surface area contributed by atoms with Gasteiger partial charge in [-0.3, -0.25) is 0 Å². The summed E-state index contributed by atoms with van der Waals surface area (Å²) >= 11 is 2.15. The average Bonchev–Trinajstić information content (AvgIpc) is 2.57. The van der Waals surface area contributed by atoms with Crippen LogP contribution in [0.1, 0.15) is 24.0 Å². The van der Waals surface area contributed by atoms with Gasteiger partial charge in [0.25, 0.3) is 0 Å². The van der Waals surface area contributed by atoms with Crippen LogP contribution in [0.5, 0.6) is 0 Å². The van der Waals surface area contributed by atoms with Gasteiger partial charge in [0.2, 0.25) is 0 Å². The number of rotatable bonds is 2. The zero-order valence-corrected chi connectivity index (χ0v) is 12.2. The van der Waals surface area contributed by atoms with Gasteiger partial charge in [-0.15, -0.1) is 11.8 Å². The maximum Gasteiger partial charge on any atom is 0.0725 e. The second kappa shape index (κ2) is 4.82. The van der Waals surface area contributed by atoms with Gasteiger partial charge in [-0.25, -0.2) is 0 Å². The standard InChI is InChI=1S/C19H18S/c1-3-7-15(8-4-1)19(16-9-5-2-6-10-16)17-11-13-18(20-19)14-12-17/h1-11,13,17-18H,12,14H2. The van der Waals surface area contributed by atoms with Gasteiger partial charge >= 0.3 is 0 Å². The molecule has 1 fully saturated rings. The topological polar surface area (TPSA) is 0 Å². The van der Waals surface area contributed by atoms with Crippen molar-refractivity contribution in [1.29, 1.82) is 0 Å². The minimum absolute atomic E-state index is 0.111. The van der Waals surface area contributed by atoms with E-state index in [1.165, 1.54) is 24.0 Å². The largest absolute Gasteiger partial charge is 0.137 e. The summed E-state index contributed by atoms with van der Waals surface area (Å²) in [6.45, 7) is 0. The van der Waals surface area contributed by atoms with E-state index in [-0.39, 0.29) is 4.75 Å². The monoisotopic (exact) mass is 278 g/mol. The van der Waals surface area contributed by atoms with Crippen LogP contribution >= 0.6 is 11.8 Å². The third-order valence-corrected chi connectivity index (χ3v) is 6.43. The summed E-state index contributed by atoms with van der Waals surface area (Å²) in [4.78, 5) is 0. The zero-order valence-electron chi connectivity index (χ0n) is 11.4. The third kappa shape index (κ3) is 1.76. The molecule has 0 aromatic heterocycles. The first-order chi connectivity index (χ1) is 9.89. The number of hydrogen-bond acceptors (Lipinski definition) is 1. The number of hydrogen-bond donors (Lipinski definition) is 0. The van der Waals surface area contributed by atoms with Crippen LogP contribution in [-0.4, -0.2) is 5.25 Å². The van der Waals surface area contributed by atoms with E-state index in [0.717, 1.165) is 0 Å². The van der Waals surface area contributed by atoms with Gasteiger partial charge in [-0.05, 0) is 29.9 Å². The molecule has 1 heteroatoms. The summed E-state index contributed by atoms with van der Waals surface area (Å²) in [5.74, 6) is 0.613. The van der Waals surface area contributed by atoms with Crippen molar-refractivity contribution in [3.63, 3.8) is 0 Å². The molecule has 1 aliphatic carbocycles. The molecule has 2 aliphatic heterocycles. The minimum atomic E-state index is 0.111. The van der Waals surface area contributed by atoms with Crippen molar-refractivity contribution in [2.45, 2.75) is 22.8 Å². The van der Waals surface area contributed by atoms with Crippen LogP contribution in [0.15, 0.2) is 72.8 Å². The Labute approximate surface area is 124 Å². The van der Waals surface area contributed by atoms with Gasteiger partial charge in [0.15, 0.2) is 0 Å². The van der Waals surface area contributed by atoms with Crippen LogP contribution in [0.4, 0.5) is 0 Å². The van der Waals surface area contributed by atoms with Crippen molar-refractivity contribution in [3.05, 3.63) is 83.9 Å². The Morgan fingerprint density at radius 2 is 1.35 bits per heavy atom. The smallest absolute Gasteiger partial charge is 0.0725 e. The lowest BCUT2D eigenvalue weighted by atomic mass is 9.74. The van der Waals surface area contributed by atoms with Crippen LogP contribution in [0.2, 0.25) is 0 Å². The molecule has 2 atom stereocenters. The molecule has 5 rings (SSSR count). The Kier molecular flexibility index (Phi) is 2.96. The average molecular weight is 278 g/mol. The van der Waals surface area contributed by atoms with Crippen LogP contribution < -0.4 is 0 Å². The molecule has 3 aliphatic rings. The van der Waals surface area contributed by atoms with Crippen molar-refractivity contribution < 1.29 is 0 Å². The van der Waals surface area contributed by atoms with Crippen molar-refractivity contribution in [2.75, 3.05) is 0 Å². The van der Waals surface area contributed by atoms with E-state index in [4.69, 9.17) is 0 Å². The molecule has 2 aromatic carbocycles. The van der Waals surface area contributed by atoms with Gasteiger partial charge in [-0.1, -0.05) is 72.8 Å². The fourth-order valence-corrected chi connectivity index (χ4v) is 5.48. The highest BCUT2D eigenvalue weighted by Crippen LogP contribution is 2.58. The summed E-state index contributed by atoms with van der Waals surface area (Å²) in [5, 5.41) is 0.667. The number of thioether (sulfide) groups is 1. The summed E-state index contributed by atoms with van der Waals surface area (Å²) in [7, 11) is 0. The Hall–Kier alpha value is -1.47. The first kappa shape index (κ1) is 12.3. The first-order valence-electron chi connectivity index (χ1n) is 7.37. The quantitative estimate of drug-likeness (QED) is 0.696. The molecule has 2 aromatic rings. The van der Waals surface area contributed by atoms with Crippen LogP contribution in [0.25, 0.3) is 0 Å². The Bertz CT molecular complexity index is 575. The fraction of sp³-hybridized carbons (Fsp3) is 0.263. The summed E-state index contributed by atoms with van der Waals surface area (Å²) in [5.41, 5.74) is 2.91. The minimum Gasteiger partial charge on any atom is -0.137 e. The molecular formula is C19H18S. The molecule has 1 saturated heterocycles. The SMILES string of the molecule is C1=CC2CCC1SC2(c1ccccc1)c1ccccc1. The van der Waals surface area contributed by atoms with Gasteiger partial charge < -0.3 is 0 Å². The summed E-state index contributed by atoms with van der Waals surface area (Å²) < 4.78 is 0.111. The Balaban J connectivity index is 1.93. The Morgan fingerprint density at radius 3 is 1.75 bits per heavy atom. The second-order valence-corrected chi connectivity index (χ2v) is 7.18. The van der Waals surface area contributed by atoms with Gasteiger partial charge in [0, 0.05) is 5.25 Å². The van der Waals surface area contributed by atoms with Crippen LogP contribution in [0, 0.1) is 5.92 Å². The molecule has 0 amide bonds. The summed E-state index contributed by atoms with van der Waals surface area (Å²) in [6, 6.07) is 22.1. The summed E-state index contributed by atoms with van der Waals surface area (Å²) in [6.07, 6.45) is 7.51. The van der Waals surface area contributed by atoms with Crippen LogP contribution in [0.3, 0.4) is 0 Å². The van der Waals surface area contributed by atoms with E-state index in [2.05, 4.69) is 84.6 Å². The number of benzene rings is 2. The highest BCUT2D eigenvalue weighted by atomic mass is 32.2. The maximum atomic E-state index is 2.46. The lowest BCUT2D eigenvalue weighted by Gasteiger charge is -2.49. The van der Waals surface area contributed by atoms with E-state index in [0.29, 0.717) is 11.2 Å². The molecule has 20 heavy (non-hydrogen) atoms. The second-order valence-electron chi connectivity index (χ2n) is 5.69. The fourth-order valence-electron chi connectivity index (χ4n) is 3.66. The molecule has 2 heterocycles. The normalized spacial score (nSPS) is 26.6. The van der Waals surface area contributed by atoms with E-state index in [9.17, 15) is 0 Å². The van der Waals surface area contributed by atoms with Crippen molar-refractivity contribution in [3.8, 4) is 0 Å². The molecule has 0 radical (unpaired) electrons. The molecule has 2 unspecified atom stereocenters. The molecule has 0 saturated carbocycles. The zero-order chi connectivity index (χ0) is 13.4. The predicted molar refractivity (Wildman–Crippen MR) is 86.9 cm³/mol. The first-order valence-corrected chi connectivity index (χ1v) is 8.25. The van der Waals surface area contributed by atoms with Crippen molar-refractivity contribution in [2.24, 2.45) is 5.92 Å². The van der Waals surface area contributed by atoms with E-state index >= 15 is 0 Å². The number of allylic oxidation sites excluding steroid dienone is 1. The molecule has 0 N–H and O–H groups in total. The Morgan fingerprint density at radius 1 is 0.750 bits per heavy atom. The molecule has 0 spiro atoms. The lowest BCUT2D eigenvalue weighted by Crippen LogP contribution is -2.40. The van der Waals surface area contributed by atoms with Crippen molar-refractivity contribution in [1.82, 2.24) is 0 Å².